The van der Waals surface area contributed by atoms with E-state index in [1.165, 1.54) is 0 Å². The molecule has 1 unspecified atom stereocenters. The van der Waals surface area contributed by atoms with Crippen LogP contribution in [0.3, 0.4) is 0 Å². The van der Waals surface area contributed by atoms with Crippen LogP contribution in [0.25, 0.3) is 5.69 Å². The van der Waals surface area contributed by atoms with Crippen LogP contribution < -0.4 is 10.5 Å². The largest absolute Gasteiger partial charge is 0.416 e. The first kappa shape index (κ1) is 23.7. The van der Waals surface area contributed by atoms with Crippen LogP contribution >= 0.6 is 12.4 Å². The van der Waals surface area contributed by atoms with Gasteiger partial charge in [0.25, 0.3) is 0 Å². The molecule has 9 heteroatoms. The van der Waals surface area contributed by atoms with Crippen LogP contribution in [0.15, 0.2) is 36.4 Å². The molecule has 3 rings (SSSR count). The van der Waals surface area contributed by atoms with E-state index >= 15 is 0 Å². The van der Waals surface area contributed by atoms with Gasteiger partial charge in [-0.25, -0.2) is 9.48 Å². The van der Waals surface area contributed by atoms with Crippen molar-refractivity contribution in [3.63, 3.8) is 0 Å². The molecule has 0 radical (unpaired) electrons. The lowest BCUT2D eigenvalue weighted by molar-refractivity contribution is -0.136. The molecular weight excluding hydrogens is 406 g/mol. The maximum absolute atomic E-state index is 12.7. The summed E-state index contributed by atoms with van der Waals surface area (Å²) >= 11 is 0. The molecule has 0 aliphatic carbocycles. The topological polar surface area (TPSA) is 93.7 Å². The molecule has 164 valence electrons. The summed E-state index contributed by atoms with van der Waals surface area (Å²) in [6.45, 7) is 9.37. The number of halogens is 1. The summed E-state index contributed by atoms with van der Waals surface area (Å²) in [7, 11) is 0. The predicted octanol–water partition coefficient (Wildman–Crippen LogP) is 2.62. The fourth-order valence-corrected chi connectivity index (χ4v) is 3.13. The van der Waals surface area contributed by atoms with Gasteiger partial charge in [0, 0.05) is 32.2 Å². The van der Waals surface area contributed by atoms with Crippen molar-refractivity contribution in [2.75, 3.05) is 26.2 Å². The lowest BCUT2D eigenvalue weighted by Crippen LogP contribution is -2.57. The van der Waals surface area contributed by atoms with Gasteiger partial charge in [-0.1, -0.05) is 39.0 Å². The molecule has 1 atom stereocenters. The van der Waals surface area contributed by atoms with Gasteiger partial charge in [-0.05, 0) is 24.5 Å². The zero-order valence-corrected chi connectivity index (χ0v) is 18.7. The van der Waals surface area contributed by atoms with Crippen LogP contribution in [-0.4, -0.2) is 63.8 Å². The van der Waals surface area contributed by atoms with E-state index in [9.17, 15) is 9.59 Å². The Bertz CT molecular complexity index is 871. The molecule has 8 nitrogen and oxygen atoms in total. The van der Waals surface area contributed by atoms with Crippen molar-refractivity contribution < 1.29 is 14.3 Å². The van der Waals surface area contributed by atoms with Crippen LogP contribution in [0.4, 0.5) is 4.79 Å². The molecule has 2 amide bonds. The van der Waals surface area contributed by atoms with Crippen molar-refractivity contribution in [2.45, 2.75) is 33.7 Å². The highest BCUT2D eigenvalue weighted by molar-refractivity contribution is 5.85. The van der Waals surface area contributed by atoms with Crippen LogP contribution in [-0.2, 0) is 4.79 Å². The second-order valence-corrected chi connectivity index (χ2v) is 8.40. The molecule has 2 aromatic rings. The Morgan fingerprint density at radius 2 is 1.63 bits per heavy atom. The molecular formula is C21H30ClN5O3. The quantitative estimate of drug-likeness (QED) is 0.799. The van der Waals surface area contributed by atoms with Gasteiger partial charge < -0.3 is 20.3 Å². The number of aromatic nitrogens is 2. The molecule has 1 aromatic carbocycles. The zero-order chi connectivity index (χ0) is 21.2. The highest BCUT2D eigenvalue weighted by atomic mass is 35.5. The number of rotatable bonds is 3. The third kappa shape index (κ3) is 5.31. The van der Waals surface area contributed by atoms with Crippen molar-refractivity contribution in [3.8, 4) is 11.6 Å². The van der Waals surface area contributed by atoms with Gasteiger partial charge in [-0.15, -0.1) is 12.4 Å². The Hall–Kier alpha value is -2.58. The smallest absolute Gasteiger partial charge is 0.391 e. The second-order valence-electron chi connectivity index (χ2n) is 8.40. The van der Waals surface area contributed by atoms with E-state index in [2.05, 4.69) is 5.10 Å². The van der Waals surface area contributed by atoms with E-state index in [0.717, 1.165) is 11.4 Å². The van der Waals surface area contributed by atoms with E-state index < -0.39 is 12.1 Å². The predicted molar refractivity (Wildman–Crippen MR) is 117 cm³/mol. The van der Waals surface area contributed by atoms with E-state index in [4.69, 9.17) is 10.5 Å². The molecule has 1 aromatic heterocycles. The molecule has 1 fully saturated rings. The Balaban J connectivity index is 0.00000320. The lowest BCUT2D eigenvalue weighted by Gasteiger charge is -2.37. The van der Waals surface area contributed by atoms with Crippen molar-refractivity contribution in [2.24, 2.45) is 11.1 Å². The number of hydrogen-bond acceptors (Lipinski definition) is 5. The SMILES string of the molecule is Cc1cc(OC(=O)N2CCN(C(=O)C(N)C(C)(C)C)CC2)n(-c2ccccc2)n1.Cl. The number of carbonyl (C=O) groups excluding carboxylic acids is 2. The molecule has 30 heavy (non-hydrogen) atoms. The highest BCUT2D eigenvalue weighted by Gasteiger charge is 2.33. The number of piperazine rings is 1. The number of ether oxygens (including phenoxy) is 1. The van der Waals surface area contributed by atoms with Gasteiger partial charge >= 0.3 is 6.09 Å². The summed E-state index contributed by atoms with van der Waals surface area (Å²) in [5, 5.41) is 4.41. The average Bonchev–Trinajstić information content (AvgIpc) is 3.07. The number of amides is 2. The van der Waals surface area contributed by atoms with Crippen LogP contribution in [0.1, 0.15) is 26.5 Å². The van der Waals surface area contributed by atoms with E-state index in [0.29, 0.717) is 32.1 Å². The highest BCUT2D eigenvalue weighted by Crippen LogP contribution is 2.22. The van der Waals surface area contributed by atoms with Crippen LogP contribution in [0.5, 0.6) is 5.88 Å². The molecule has 2 N–H and O–H groups in total. The first-order valence-electron chi connectivity index (χ1n) is 9.80. The Labute approximate surface area is 183 Å². The average molecular weight is 436 g/mol. The van der Waals surface area contributed by atoms with Gasteiger partial charge in [-0.3, -0.25) is 4.79 Å². The summed E-state index contributed by atoms with van der Waals surface area (Å²) in [4.78, 5) is 28.6. The maximum atomic E-state index is 12.7. The third-order valence-corrected chi connectivity index (χ3v) is 5.04. The maximum Gasteiger partial charge on any atom is 0.416 e. The monoisotopic (exact) mass is 435 g/mol. The summed E-state index contributed by atoms with van der Waals surface area (Å²) in [5.74, 6) is 0.287. The molecule has 0 saturated carbocycles. The fraction of sp³-hybridized carbons (Fsp3) is 0.476. The summed E-state index contributed by atoms with van der Waals surface area (Å²) in [6, 6.07) is 10.7. The Morgan fingerprint density at radius 3 is 2.20 bits per heavy atom. The Morgan fingerprint density at radius 1 is 1.07 bits per heavy atom. The van der Waals surface area contributed by atoms with E-state index in [-0.39, 0.29) is 23.7 Å². The summed E-state index contributed by atoms with van der Waals surface area (Å²) in [5.41, 5.74) is 7.35. The van der Waals surface area contributed by atoms with Gasteiger partial charge in [0.15, 0.2) is 0 Å². The fourth-order valence-electron chi connectivity index (χ4n) is 3.13. The van der Waals surface area contributed by atoms with Crippen molar-refractivity contribution in [1.82, 2.24) is 19.6 Å². The van der Waals surface area contributed by atoms with Gasteiger partial charge in [-0.2, -0.15) is 5.10 Å². The second kappa shape index (κ2) is 9.49. The minimum absolute atomic E-state index is 0. The van der Waals surface area contributed by atoms with Gasteiger partial charge in [0.1, 0.15) is 0 Å². The number of para-hydroxylation sites is 1. The Kier molecular flexibility index (Phi) is 7.49. The van der Waals surface area contributed by atoms with Gasteiger partial charge in [0.2, 0.25) is 11.8 Å². The van der Waals surface area contributed by atoms with Crippen molar-refractivity contribution >= 4 is 24.4 Å². The molecule has 0 bridgehead atoms. The van der Waals surface area contributed by atoms with Crippen LogP contribution in [0, 0.1) is 12.3 Å². The minimum Gasteiger partial charge on any atom is -0.391 e. The first-order valence-corrected chi connectivity index (χ1v) is 9.80. The summed E-state index contributed by atoms with van der Waals surface area (Å²) < 4.78 is 7.22. The molecule has 1 aliphatic rings. The number of benzene rings is 1. The summed E-state index contributed by atoms with van der Waals surface area (Å²) in [6.07, 6.45) is -0.450. The lowest BCUT2D eigenvalue weighted by atomic mass is 9.86. The molecule has 0 spiro atoms. The number of aryl methyl sites for hydroxylation is 1. The van der Waals surface area contributed by atoms with Crippen molar-refractivity contribution in [1.29, 1.82) is 0 Å². The third-order valence-electron chi connectivity index (χ3n) is 5.04. The van der Waals surface area contributed by atoms with Crippen LogP contribution in [0.2, 0.25) is 0 Å². The number of nitrogens with two attached hydrogens (primary N) is 1. The standard InChI is InChI=1S/C21H29N5O3.ClH/c1-15-14-17(26(23-15)16-8-6-5-7-9-16)29-20(28)25-12-10-24(11-13-25)19(27)18(22)21(2,3)4;/h5-9,14,18H,10-13,22H2,1-4H3;1H. The molecule has 1 aliphatic heterocycles. The first-order chi connectivity index (χ1) is 13.7. The van der Waals surface area contributed by atoms with Crippen molar-refractivity contribution in [3.05, 3.63) is 42.1 Å². The van der Waals surface area contributed by atoms with Gasteiger partial charge in [0.05, 0.1) is 17.4 Å². The normalized spacial score (nSPS) is 15.4. The number of nitrogens with zero attached hydrogens (tertiary/aromatic N) is 4. The molecule has 2 heterocycles. The zero-order valence-electron chi connectivity index (χ0n) is 17.9. The molecule has 1 saturated heterocycles. The minimum atomic E-state index is -0.566. The van der Waals surface area contributed by atoms with E-state index in [1.807, 2.05) is 58.0 Å². The number of carbonyl (C=O) groups is 2. The number of hydrogen-bond donors (Lipinski definition) is 1. The van der Waals surface area contributed by atoms with E-state index in [1.54, 1.807) is 20.5 Å².